The number of aliphatic imine (C=N–C) groups is 2. The molecule has 3 atom stereocenters. The summed E-state index contributed by atoms with van der Waals surface area (Å²) in [5.41, 5.74) is 1.78. The average molecular weight is 334 g/mol. The van der Waals surface area contributed by atoms with Gasteiger partial charge in [0.15, 0.2) is 0 Å². The number of hydrogen-bond acceptors (Lipinski definition) is 6. The van der Waals surface area contributed by atoms with Crippen molar-refractivity contribution >= 4 is 17.4 Å². The number of aliphatic hydroxyl groups is 2. The SMILES string of the molecule is CC1(O)C2C=C3N=C(/C=C(\O)c4cccnc4)N4CCN=C4C3=CC21. The number of amidine groups is 2. The normalized spacial score (nSPS) is 32.7. The van der Waals surface area contributed by atoms with Gasteiger partial charge >= 0.3 is 0 Å². The van der Waals surface area contributed by atoms with Gasteiger partial charge in [0.05, 0.1) is 17.8 Å². The standard InChI is InChI=1S/C19H18N4O2/c1-19(25)13-7-12-15(8-14(13)19)22-17(23-6-5-21-18(12)23)9-16(24)11-3-2-4-20-10-11/h2-4,7-10,13-14,24-25H,5-6H2,1H3/b16-9-. The fourth-order valence-corrected chi connectivity index (χ4v) is 3.84. The lowest BCUT2D eigenvalue weighted by atomic mass is 10.0. The molecule has 1 aromatic rings. The predicted molar refractivity (Wildman–Crippen MR) is 95.1 cm³/mol. The summed E-state index contributed by atoms with van der Waals surface area (Å²) in [5, 5.41) is 20.8. The van der Waals surface area contributed by atoms with Gasteiger partial charge in [0, 0.05) is 48.0 Å². The Balaban J connectivity index is 1.58. The Morgan fingerprint density at radius 3 is 3.00 bits per heavy atom. The molecule has 25 heavy (non-hydrogen) atoms. The molecule has 0 bridgehead atoms. The Bertz CT molecular complexity index is 909. The molecule has 1 aromatic heterocycles. The van der Waals surface area contributed by atoms with E-state index in [2.05, 4.69) is 16.1 Å². The summed E-state index contributed by atoms with van der Waals surface area (Å²) in [7, 11) is 0. The lowest BCUT2D eigenvalue weighted by Gasteiger charge is -2.28. The summed E-state index contributed by atoms with van der Waals surface area (Å²) in [6.07, 6.45) is 9.08. The Labute approximate surface area is 145 Å². The molecule has 2 N–H and O–H groups in total. The van der Waals surface area contributed by atoms with Gasteiger partial charge in [-0.2, -0.15) is 0 Å². The monoisotopic (exact) mass is 334 g/mol. The van der Waals surface area contributed by atoms with Crippen molar-refractivity contribution in [1.82, 2.24) is 9.88 Å². The van der Waals surface area contributed by atoms with Gasteiger partial charge in [0.1, 0.15) is 17.4 Å². The van der Waals surface area contributed by atoms with E-state index in [9.17, 15) is 10.2 Å². The molecule has 3 unspecified atom stereocenters. The van der Waals surface area contributed by atoms with Crippen LogP contribution >= 0.6 is 0 Å². The molecule has 6 nitrogen and oxygen atoms in total. The minimum Gasteiger partial charge on any atom is -0.507 e. The topological polar surface area (TPSA) is 81.3 Å². The highest BCUT2D eigenvalue weighted by atomic mass is 16.3. The fourth-order valence-electron chi connectivity index (χ4n) is 3.84. The smallest absolute Gasteiger partial charge is 0.138 e. The largest absolute Gasteiger partial charge is 0.507 e. The van der Waals surface area contributed by atoms with Gasteiger partial charge in [-0.3, -0.25) is 9.98 Å². The first-order valence-corrected chi connectivity index (χ1v) is 8.44. The predicted octanol–water partition coefficient (Wildman–Crippen LogP) is 1.93. The van der Waals surface area contributed by atoms with Crippen LogP contribution in [0.3, 0.4) is 0 Å². The Morgan fingerprint density at radius 1 is 1.36 bits per heavy atom. The van der Waals surface area contributed by atoms with E-state index < -0.39 is 5.60 Å². The fraction of sp³-hybridized carbons (Fsp3) is 0.316. The highest BCUT2D eigenvalue weighted by Gasteiger charge is 2.60. The third-order valence-corrected chi connectivity index (χ3v) is 5.40. The maximum atomic E-state index is 10.4. The molecule has 0 radical (unpaired) electrons. The number of hydrogen-bond donors (Lipinski definition) is 2. The zero-order valence-electron chi connectivity index (χ0n) is 13.8. The highest BCUT2D eigenvalue weighted by Crippen LogP contribution is 2.56. The van der Waals surface area contributed by atoms with E-state index in [0.29, 0.717) is 17.9 Å². The van der Waals surface area contributed by atoms with Crippen LogP contribution in [0.4, 0.5) is 0 Å². The first-order chi connectivity index (χ1) is 12.1. The zero-order valence-corrected chi connectivity index (χ0v) is 13.8. The summed E-state index contributed by atoms with van der Waals surface area (Å²) in [4.78, 5) is 15.4. The number of rotatable bonds is 2. The molecule has 0 amide bonds. The van der Waals surface area contributed by atoms with Crippen molar-refractivity contribution in [2.24, 2.45) is 21.8 Å². The van der Waals surface area contributed by atoms with Crippen LogP contribution in [0.25, 0.3) is 5.76 Å². The van der Waals surface area contributed by atoms with Crippen LogP contribution in [0.2, 0.25) is 0 Å². The second kappa shape index (κ2) is 4.89. The van der Waals surface area contributed by atoms with Gasteiger partial charge in [-0.05, 0) is 19.1 Å². The van der Waals surface area contributed by atoms with Crippen LogP contribution in [0.1, 0.15) is 12.5 Å². The summed E-state index contributed by atoms with van der Waals surface area (Å²) >= 11 is 0. The summed E-state index contributed by atoms with van der Waals surface area (Å²) in [6.45, 7) is 3.30. The Morgan fingerprint density at radius 2 is 2.20 bits per heavy atom. The molecular weight excluding hydrogens is 316 g/mol. The van der Waals surface area contributed by atoms with Gasteiger partial charge < -0.3 is 15.1 Å². The van der Waals surface area contributed by atoms with E-state index >= 15 is 0 Å². The van der Waals surface area contributed by atoms with Crippen molar-refractivity contribution in [3.63, 3.8) is 0 Å². The number of pyridine rings is 1. The summed E-state index contributed by atoms with van der Waals surface area (Å²) in [5.74, 6) is 1.93. The molecule has 0 saturated heterocycles. The van der Waals surface area contributed by atoms with Gasteiger partial charge in [0.2, 0.25) is 0 Å². The molecule has 3 heterocycles. The van der Waals surface area contributed by atoms with Crippen LogP contribution < -0.4 is 0 Å². The molecule has 5 rings (SSSR count). The molecule has 1 fully saturated rings. The van der Waals surface area contributed by atoms with Crippen molar-refractivity contribution in [2.75, 3.05) is 13.1 Å². The molecule has 1 saturated carbocycles. The van der Waals surface area contributed by atoms with Crippen LogP contribution in [-0.4, -0.2) is 50.5 Å². The number of aromatic nitrogens is 1. The number of fused-ring (bicyclic) bond motifs is 4. The van der Waals surface area contributed by atoms with Crippen molar-refractivity contribution in [3.05, 3.63) is 59.6 Å². The van der Waals surface area contributed by atoms with Crippen molar-refractivity contribution in [2.45, 2.75) is 12.5 Å². The van der Waals surface area contributed by atoms with E-state index in [4.69, 9.17) is 4.99 Å². The Hall–Kier alpha value is -2.73. The third-order valence-electron chi connectivity index (χ3n) is 5.40. The maximum Gasteiger partial charge on any atom is 0.138 e. The van der Waals surface area contributed by atoms with Crippen LogP contribution in [-0.2, 0) is 0 Å². The molecule has 2 aliphatic carbocycles. The molecule has 2 aliphatic heterocycles. The second-order valence-corrected chi connectivity index (χ2v) is 7.01. The second-order valence-electron chi connectivity index (χ2n) is 7.01. The quantitative estimate of drug-likeness (QED) is 0.810. The zero-order chi connectivity index (χ0) is 17.2. The first kappa shape index (κ1) is 14.6. The molecule has 126 valence electrons. The van der Waals surface area contributed by atoms with Gasteiger partial charge in [-0.25, -0.2) is 4.99 Å². The lowest BCUT2D eigenvalue weighted by molar-refractivity contribution is 0.151. The van der Waals surface area contributed by atoms with Crippen molar-refractivity contribution in [1.29, 1.82) is 0 Å². The third kappa shape index (κ3) is 2.10. The van der Waals surface area contributed by atoms with E-state index in [1.54, 1.807) is 30.6 Å². The van der Waals surface area contributed by atoms with Crippen molar-refractivity contribution in [3.8, 4) is 0 Å². The van der Waals surface area contributed by atoms with Gasteiger partial charge in [-0.15, -0.1) is 0 Å². The van der Waals surface area contributed by atoms with E-state index in [-0.39, 0.29) is 17.6 Å². The van der Waals surface area contributed by atoms with Crippen LogP contribution in [0, 0.1) is 11.8 Å². The number of nitrogens with zero attached hydrogens (tertiary/aromatic N) is 4. The molecule has 0 aromatic carbocycles. The maximum absolute atomic E-state index is 10.4. The summed E-state index contributed by atoms with van der Waals surface area (Å²) in [6, 6.07) is 3.59. The van der Waals surface area contributed by atoms with E-state index in [1.807, 2.05) is 17.9 Å². The lowest BCUT2D eigenvalue weighted by Crippen LogP contribution is -2.38. The minimum absolute atomic E-state index is 0.112. The van der Waals surface area contributed by atoms with E-state index in [1.165, 1.54) is 0 Å². The van der Waals surface area contributed by atoms with E-state index in [0.717, 1.165) is 23.7 Å². The van der Waals surface area contributed by atoms with Crippen LogP contribution in [0.5, 0.6) is 0 Å². The number of aliphatic hydroxyl groups excluding tert-OH is 1. The van der Waals surface area contributed by atoms with Gasteiger partial charge in [-0.1, -0.05) is 12.2 Å². The van der Waals surface area contributed by atoms with Gasteiger partial charge in [0.25, 0.3) is 0 Å². The molecular formula is C19H18N4O2. The minimum atomic E-state index is -0.690. The molecule has 4 aliphatic rings. The highest BCUT2D eigenvalue weighted by molar-refractivity contribution is 6.19. The van der Waals surface area contributed by atoms with Crippen LogP contribution in [0.15, 0.2) is 64.0 Å². The summed E-state index contributed by atoms with van der Waals surface area (Å²) < 4.78 is 0. The average Bonchev–Trinajstić information content (AvgIpc) is 2.99. The first-order valence-electron chi connectivity index (χ1n) is 8.44. The Kier molecular flexibility index (Phi) is 2.86. The van der Waals surface area contributed by atoms with Crippen molar-refractivity contribution < 1.29 is 10.2 Å². The molecule has 6 heteroatoms. The molecule has 0 spiro atoms.